The van der Waals surface area contributed by atoms with E-state index in [0.717, 1.165) is 0 Å². The predicted molar refractivity (Wildman–Crippen MR) is 95.4 cm³/mol. The molecule has 1 aromatic carbocycles. The summed E-state index contributed by atoms with van der Waals surface area (Å²) in [6, 6.07) is 10.9. The van der Waals surface area contributed by atoms with Crippen LogP contribution in [-0.4, -0.2) is 24.5 Å². The summed E-state index contributed by atoms with van der Waals surface area (Å²) in [5.41, 5.74) is 0.669. The van der Waals surface area contributed by atoms with Crippen LogP contribution in [0.2, 0.25) is 0 Å². The molecule has 6 heteroatoms. The molecular formula is C19H24N2O4. The van der Waals surface area contributed by atoms with Gasteiger partial charge in [-0.15, -0.1) is 0 Å². The second kappa shape index (κ2) is 8.92. The Hall–Kier alpha value is -2.76. The van der Waals surface area contributed by atoms with Crippen LogP contribution in [0, 0.1) is 0 Å². The lowest BCUT2D eigenvalue weighted by Crippen LogP contribution is -2.34. The summed E-state index contributed by atoms with van der Waals surface area (Å²) in [5, 5.41) is 2.78. The fourth-order valence-electron chi connectivity index (χ4n) is 2.38. The number of carbonyl (C=O) groups is 2. The van der Waals surface area contributed by atoms with Crippen molar-refractivity contribution in [2.24, 2.45) is 0 Å². The Morgan fingerprint density at radius 1 is 1.20 bits per heavy atom. The van der Waals surface area contributed by atoms with E-state index in [9.17, 15) is 9.59 Å². The molecule has 6 nitrogen and oxygen atoms in total. The van der Waals surface area contributed by atoms with Crippen molar-refractivity contribution in [2.75, 3.05) is 11.4 Å². The Kier molecular flexibility index (Phi) is 6.62. The number of nitrogens with one attached hydrogen (secondary N) is 1. The smallest absolute Gasteiger partial charge is 0.223 e. The number of anilines is 1. The zero-order valence-electron chi connectivity index (χ0n) is 14.8. The van der Waals surface area contributed by atoms with Crippen molar-refractivity contribution in [2.45, 2.75) is 39.8 Å². The van der Waals surface area contributed by atoms with E-state index in [4.69, 9.17) is 9.15 Å². The molecule has 0 bridgehead atoms. The third-order valence-electron chi connectivity index (χ3n) is 3.50. The Labute approximate surface area is 147 Å². The number of furan rings is 1. The maximum absolute atomic E-state index is 12.1. The van der Waals surface area contributed by atoms with Gasteiger partial charge in [0.2, 0.25) is 11.8 Å². The predicted octanol–water partition coefficient (Wildman–Crippen LogP) is 3.13. The number of benzene rings is 1. The molecular weight excluding hydrogens is 320 g/mol. The zero-order chi connectivity index (χ0) is 18.2. The number of carbonyl (C=O) groups excluding carboxylic acids is 2. The topological polar surface area (TPSA) is 71.8 Å². The van der Waals surface area contributed by atoms with Crippen LogP contribution < -0.4 is 15.0 Å². The van der Waals surface area contributed by atoms with Crippen LogP contribution in [0.15, 0.2) is 47.1 Å². The summed E-state index contributed by atoms with van der Waals surface area (Å²) in [7, 11) is 0. The highest BCUT2D eigenvalue weighted by Gasteiger charge is 2.18. The van der Waals surface area contributed by atoms with Gasteiger partial charge in [-0.25, -0.2) is 0 Å². The Morgan fingerprint density at radius 2 is 1.96 bits per heavy atom. The molecule has 0 aliphatic carbocycles. The van der Waals surface area contributed by atoms with E-state index in [1.807, 2.05) is 38.1 Å². The molecule has 134 valence electrons. The number of hydrogen-bond donors (Lipinski definition) is 1. The van der Waals surface area contributed by atoms with Gasteiger partial charge in [-0.3, -0.25) is 9.59 Å². The first-order valence-corrected chi connectivity index (χ1v) is 8.30. The van der Waals surface area contributed by atoms with Gasteiger partial charge >= 0.3 is 0 Å². The van der Waals surface area contributed by atoms with Crippen LogP contribution in [-0.2, 0) is 16.1 Å². The van der Waals surface area contributed by atoms with Gasteiger partial charge in [-0.05, 0) is 38.1 Å². The zero-order valence-corrected chi connectivity index (χ0v) is 14.8. The summed E-state index contributed by atoms with van der Waals surface area (Å²) in [6.45, 7) is 5.94. The standard InChI is InChI=1S/C19H24N2O4/c1-14(2)25-18-9-5-4-8-17(18)21(15(3)22)11-10-19(23)20-13-16-7-6-12-24-16/h4-9,12,14H,10-11,13H2,1-3H3,(H,20,23). The lowest BCUT2D eigenvalue weighted by molar-refractivity contribution is -0.121. The van der Waals surface area contributed by atoms with Crippen molar-refractivity contribution in [3.05, 3.63) is 48.4 Å². The van der Waals surface area contributed by atoms with E-state index in [0.29, 0.717) is 23.7 Å². The normalized spacial score (nSPS) is 10.6. The minimum Gasteiger partial charge on any atom is -0.489 e. The first-order chi connectivity index (χ1) is 12.0. The lowest BCUT2D eigenvalue weighted by atomic mass is 10.2. The van der Waals surface area contributed by atoms with Crippen LogP contribution in [0.25, 0.3) is 0 Å². The van der Waals surface area contributed by atoms with Gasteiger partial charge in [0.05, 0.1) is 24.6 Å². The molecule has 0 saturated heterocycles. The monoisotopic (exact) mass is 344 g/mol. The Bertz CT molecular complexity index is 695. The number of para-hydroxylation sites is 2. The lowest BCUT2D eigenvalue weighted by Gasteiger charge is -2.24. The highest BCUT2D eigenvalue weighted by atomic mass is 16.5. The summed E-state index contributed by atoms with van der Waals surface area (Å²) in [5.74, 6) is 1.03. The number of nitrogens with zero attached hydrogens (tertiary/aromatic N) is 1. The van der Waals surface area contributed by atoms with E-state index in [1.54, 1.807) is 23.3 Å². The van der Waals surface area contributed by atoms with Gasteiger partial charge < -0.3 is 19.4 Å². The van der Waals surface area contributed by atoms with Gasteiger partial charge in [0, 0.05) is 19.9 Å². The Morgan fingerprint density at radius 3 is 2.60 bits per heavy atom. The van der Waals surface area contributed by atoms with Crippen molar-refractivity contribution in [3.63, 3.8) is 0 Å². The van der Waals surface area contributed by atoms with Crippen LogP contribution in [0.3, 0.4) is 0 Å². The van der Waals surface area contributed by atoms with Crippen molar-refractivity contribution in [3.8, 4) is 5.75 Å². The molecule has 2 amide bonds. The van der Waals surface area contributed by atoms with Crippen LogP contribution >= 0.6 is 0 Å². The molecule has 1 heterocycles. The number of hydrogen-bond acceptors (Lipinski definition) is 4. The number of amides is 2. The third-order valence-corrected chi connectivity index (χ3v) is 3.50. The molecule has 2 aromatic rings. The highest BCUT2D eigenvalue weighted by molar-refractivity contribution is 5.93. The van der Waals surface area contributed by atoms with Gasteiger partial charge in [-0.1, -0.05) is 12.1 Å². The molecule has 1 N–H and O–H groups in total. The number of rotatable bonds is 8. The SMILES string of the molecule is CC(=O)N(CCC(=O)NCc1ccco1)c1ccccc1OC(C)C. The van der Waals surface area contributed by atoms with E-state index >= 15 is 0 Å². The molecule has 25 heavy (non-hydrogen) atoms. The van der Waals surface area contributed by atoms with Crippen LogP contribution in [0.1, 0.15) is 33.0 Å². The molecule has 0 aliphatic heterocycles. The molecule has 0 radical (unpaired) electrons. The van der Waals surface area contributed by atoms with Crippen molar-refractivity contribution < 1.29 is 18.7 Å². The van der Waals surface area contributed by atoms with E-state index < -0.39 is 0 Å². The summed E-state index contributed by atoms with van der Waals surface area (Å²) < 4.78 is 10.9. The summed E-state index contributed by atoms with van der Waals surface area (Å²) >= 11 is 0. The first kappa shape index (κ1) is 18.6. The summed E-state index contributed by atoms with van der Waals surface area (Å²) in [6.07, 6.45) is 1.74. The molecule has 0 aliphatic rings. The minimum absolute atomic E-state index is 0.00782. The fourth-order valence-corrected chi connectivity index (χ4v) is 2.38. The second-order valence-corrected chi connectivity index (χ2v) is 5.91. The van der Waals surface area contributed by atoms with Gasteiger partial charge in [0.1, 0.15) is 11.5 Å². The van der Waals surface area contributed by atoms with Crippen LogP contribution in [0.4, 0.5) is 5.69 Å². The van der Waals surface area contributed by atoms with Gasteiger partial charge in [0.15, 0.2) is 0 Å². The average Bonchev–Trinajstić information content (AvgIpc) is 3.07. The molecule has 0 atom stereocenters. The average molecular weight is 344 g/mol. The minimum atomic E-state index is -0.148. The van der Waals surface area contributed by atoms with Crippen LogP contribution in [0.5, 0.6) is 5.75 Å². The summed E-state index contributed by atoms with van der Waals surface area (Å²) in [4.78, 5) is 25.7. The fraction of sp³-hybridized carbons (Fsp3) is 0.368. The van der Waals surface area contributed by atoms with E-state index in [-0.39, 0.29) is 30.9 Å². The molecule has 1 aromatic heterocycles. The van der Waals surface area contributed by atoms with Gasteiger partial charge in [-0.2, -0.15) is 0 Å². The second-order valence-electron chi connectivity index (χ2n) is 5.91. The maximum atomic E-state index is 12.1. The molecule has 0 fully saturated rings. The van der Waals surface area contributed by atoms with Crippen molar-refractivity contribution >= 4 is 17.5 Å². The largest absolute Gasteiger partial charge is 0.489 e. The van der Waals surface area contributed by atoms with E-state index in [2.05, 4.69) is 5.32 Å². The molecule has 2 rings (SSSR count). The van der Waals surface area contributed by atoms with Crippen molar-refractivity contribution in [1.29, 1.82) is 0 Å². The quantitative estimate of drug-likeness (QED) is 0.798. The first-order valence-electron chi connectivity index (χ1n) is 8.30. The maximum Gasteiger partial charge on any atom is 0.223 e. The molecule has 0 unspecified atom stereocenters. The highest BCUT2D eigenvalue weighted by Crippen LogP contribution is 2.29. The van der Waals surface area contributed by atoms with Gasteiger partial charge in [0.25, 0.3) is 0 Å². The van der Waals surface area contributed by atoms with Crippen molar-refractivity contribution in [1.82, 2.24) is 5.32 Å². The Balaban J connectivity index is 1.99. The molecule has 0 saturated carbocycles. The number of ether oxygens (including phenoxy) is 1. The molecule has 0 spiro atoms. The third kappa shape index (κ3) is 5.67. The van der Waals surface area contributed by atoms with E-state index in [1.165, 1.54) is 6.92 Å².